The van der Waals surface area contributed by atoms with E-state index >= 15 is 0 Å². The van der Waals surface area contributed by atoms with Gasteiger partial charge in [-0.25, -0.2) is 0 Å². The highest BCUT2D eigenvalue weighted by molar-refractivity contribution is 7.65. The molecule has 0 aromatic rings. The molecular formula is C4H7O3S+. The van der Waals surface area contributed by atoms with Crippen molar-refractivity contribution in [3.63, 3.8) is 0 Å². The van der Waals surface area contributed by atoms with Crippen LogP contribution < -0.4 is 0 Å². The zero-order chi connectivity index (χ0) is 6.41. The van der Waals surface area contributed by atoms with Crippen LogP contribution in [0.2, 0.25) is 0 Å². The molecule has 0 aliphatic carbocycles. The maximum Gasteiger partial charge on any atom is 0.459 e. The van der Waals surface area contributed by atoms with Crippen LogP contribution in [0, 0.1) is 0 Å². The number of rotatable bonds is 3. The van der Waals surface area contributed by atoms with E-state index in [0.717, 1.165) is 0 Å². The molecule has 0 unspecified atom stereocenters. The van der Waals surface area contributed by atoms with Crippen LogP contribution in [0.1, 0.15) is 6.42 Å². The Morgan fingerprint density at radius 2 is 2.38 bits per heavy atom. The molecule has 0 bridgehead atoms. The predicted molar refractivity (Wildman–Crippen MR) is 29.6 cm³/mol. The van der Waals surface area contributed by atoms with Crippen LogP contribution in [-0.2, 0) is 25.4 Å². The van der Waals surface area contributed by atoms with Crippen molar-refractivity contribution in [2.45, 2.75) is 6.42 Å². The molecule has 0 heterocycles. The zero-order valence-corrected chi connectivity index (χ0v) is 5.36. The van der Waals surface area contributed by atoms with E-state index in [-0.39, 0.29) is 12.4 Å². The predicted octanol–water partition coefficient (Wildman–Crippen LogP) is -0.0224. The van der Waals surface area contributed by atoms with Gasteiger partial charge in [0.05, 0.1) is 7.11 Å². The van der Waals surface area contributed by atoms with Crippen molar-refractivity contribution in [1.29, 1.82) is 0 Å². The van der Waals surface area contributed by atoms with E-state index in [1.807, 2.05) is 0 Å². The minimum absolute atomic E-state index is 0.213. The molecule has 0 saturated heterocycles. The Bertz CT molecular complexity index is 91.3. The van der Waals surface area contributed by atoms with Crippen molar-refractivity contribution in [1.82, 2.24) is 0 Å². The lowest BCUT2D eigenvalue weighted by atomic mass is 10.5. The van der Waals surface area contributed by atoms with Crippen molar-refractivity contribution in [2.24, 2.45) is 0 Å². The average molecular weight is 135 g/mol. The highest BCUT2D eigenvalue weighted by Crippen LogP contribution is 1.80. The van der Waals surface area contributed by atoms with E-state index in [1.165, 1.54) is 7.11 Å². The first-order valence-electron chi connectivity index (χ1n) is 2.13. The molecule has 46 valence electrons. The Morgan fingerprint density at radius 3 is 2.75 bits per heavy atom. The SMILES string of the molecule is COC(=O)CC[S+]=O. The van der Waals surface area contributed by atoms with Gasteiger partial charge in [-0.15, -0.1) is 0 Å². The van der Waals surface area contributed by atoms with Gasteiger partial charge in [-0.1, -0.05) is 0 Å². The second-order valence-electron chi connectivity index (χ2n) is 1.15. The molecule has 0 radical (unpaired) electrons. The molecule has 0 spiro atoms. The summed E-state index contributed by atoms with van der Waals surface area (Å²) in [5, 5.41) is 0. The first-order valence-corrected chi connectivity index (χ1v) is 3.04. The summed E-state index contributed by atoms with van der Waals surface area (Å²) in [4.78, 5) is 10.2. The molecule has 3 nitrogen and oxygen atoms in total. The molecule has 0 saturated carbocycles. The van der Waals surface area contributed by atoms with E-state index in [1.54, 1.807) is 0 Å². The summed E-state index contributed by atoms with van der Waals surface area (Å²) in [5.74, 6) is -0.0273. The first kappa shape index (κ1) is 7.49. The number of carbonyl (C=O) groups is 1. The molecule has 0 aromatic heterocycles. The van der Waals surface area contributed by atoms with E-state index in [4.69, 9.17) is 0 Å². The number of hydrogen-bond acceptors (Lipinski definition) is 3. The Hall–Kier alpha value is -0.510. The van der Waals surface area contributed by atoms with Crippen molar-refractivity contribution >= 4 is 17.6 Å². The van der Waals surface area contributed by atoms with Gasteiger partial charge in [-0.3, -0.25) is 4.79 Å². The molecule has 0 aliphatic heterocycles. The smallest absolute Gasteiger partial charge is 0.459 e. The van der Waals surface area contributed by atoms with E-state index in [0.29, 0.717) is 17.4 Å². The summed E-state index contributed by atoms with van der Waals surface area (Å²) < 4.78 is 13.9. The molecule has 0 rings (SSSR count). The molecule has 0 amide bonds. The Kier molecular flexibility index (Phi) is 4.35. The topological polar surface area (TPSA) is 43.4 Å². The van der Waals surface area contributed by atoms with Gasteiger partial charge in [-0.05, 0) is 0 Å². The third kappa shape index (κ3) is 3.67. The summed E-state index contributed by atoms with van der Waals surface area (Å²) in [5.41, 5.74) is 0. The number of esters is 1. The van der Waals surface area contributed by atoms with Crippen LogP contribution >= 0.6 is 0 Å². The summed E-state index contributed by atoms with van der Waals surface area (Å²) in [6, 6.07) is 0. The maximum atomic E-state index is 10.2. The van der Waals surface area contributed by atoms with Gasteiger partial charge in [0.2, 0.25) is 5.75 Å². The maximum absolute atomic E-state index is 10.2. The molecule has 0 aromatic carbocycles. The number of methoxy groups -OCH3 is 1. The van der Waals surface area contributed by atoms with Crippen molar-refractivity contribution in [2.75, 3.05) is 12.9 Å². The van der Waals surface area contributed by atoms with Gasteiger partial charge in [0, 0.05) is 4.21 Å². The van der Waals surface area contributed by atoms with Crippen molar-refractivity contribution < 1.29 is 13.7 Å². The van der Waals surface area contributed by atoms with Crippen molar-refractivity contribution in [3.05, 3.63) is 0 Å². The van der Waals surface area contributed by atoms with Gasteiger partial charge in [0.1, 0.15) is 6.42 Å². The monoisotopic (exact) mass is 135 g/mol. The summed E-state index contributed by atoms with van der Waals surface area (Å²) in [7, 11) is 1.30. The third-order valence-electron chi connectivity index (χ3n) is 0.617. The second-order valence-corrected chi connectivity index (χ2v) is 1.79. The lowest BCUT2D eigenvalue weighted by Gasteiger charge is -1.87. The van der Waals surface area contributed by atoms with E-state index < -0.39 is 0 Å². The lowest BCUT2D eigenvalue weighted by molar-refractivity contribution is -0.140. The largest absolute Gasteiger partial charge is 0.469 e. The van der Waals surface area contributed by atoms with Gasteiger partial charge in [0.15, 0.2) is 0 Å². The molecule has 8 heavy (non-hydrogen) atoms. The van der Waals surface area contributed by atoms with Gasteiger partial charge >= 0.3 is 17.6 Å². The molecule has 0 fully saturated rings. The van der Waals surface area contributed by atoms with Crippen LogP contribution in [0.5, 0.6) is 0 Å². The fraction of sp³-hybridized carbons (Fsp3) is 0.750. The fourth-order valence-corrected chi connectivity index (χ4v) is 0.477. The van der Waals surface area contributed by atoms with Crippen molar-refractivity contribution in [3.8, 4) is 0 Å². The fourth-order valence-electron chi connectivity index (χ4n) is 0.227. The molecular weight excluding hydrogens is 128 g/mol. The molecule has 0 N–H and O–H groups in total. The Morgan fingerprint density at radius 1 is 1.75 bits per heavy atom. The summed E-state index contributed by atoms with van der Waals surface area (Å²) in [6.45, 7) is 0. The highest BCUT2D eigenvalue weighted by Gasteiger charge is 2.04. The van der Waals surface area contributed by atoms with Gasteiger partial charge in [-0.2, -0.15) is 0 Å². The second kappa shape index (κ2) is 4.64. The van der Waals surface area contributed by atoms with Gasteiger partial charge < -0.3 is 4.74 Å². The van der Waals surface area contributed by atoms with Crippen LogP contribution in [0.15, 0.2) is 0 Å². The molecule has 0 aliphatic rings. The molecule has 4 heteroatoms. The van der Waals surface area contributed by atoms with E-state index in [9.17, 15) is 9.00 Å². The average Bonchev–Trinajstić information content (AvgIpc) is 1.83. The van der Waals surface area contributed by atoms with Crippen LogP contribution in [0.4, 0.5) is 0 Å². The Balaban J connectivity index is 3.11. The number of ether oxygens (including phenoxy) is 1. The quantitative estimate of drug-likeness (QED) is 0.403. The zero-order valence-electron chi connectivity index (χ0n) is 4.55. The minimum Gasteiger partial charge on any atom is -0.469 e. The van der Waals surface area contributed by atoms with E-state index in [2.05, 4.69) is 4.74 Å². The highest BCUT2D eigenvalue weighted by atomic mass is 32.1. The number of hydrogen-bond donors (Lipinski definition) is 0. The third-order valence-corrected chi connectivity index (χ3v) is 0.988. The normalized spacial score (nSPS) is 8.12. The summed E-state index contributed by atoms with van der Waals surface area (Å²) >= 11 is 0.394. The molecule has 0 atom stereocenters. The Labute approximate surface area is 51.5 Å². The summed E-state index contributed by atoms with van der Waals surface area (Å²) in [6.07, 6.45) is 0.213. The van der Waals surface area contributed by atoms with Crippen LogP contribution in [-0.4, -0.2) is 18.8 Å². The van der Waals surface area contributed by atoms with Crippen LogP contribution in [0.25, 0.3) is 0 Å². The standard InChI is InChI=1S/C4H7O3S/c1-7-4(5)2-3-8-6/h2-3H2,1H3/q+1. The minimum atomic E-state index is -0.326. The number of carbonyl (C=O) groups excluding carboxylic acids is 1. The van der Waals surface area contributed by atoms with Crippen LogP contribution in [0.3, 0.4) is 0 Å². The first-order chi connectivity index (χ1) is 3.81. The van der Waals surface area contributed by atoms with Gasteiger partial charge in [0.25, 0.3) is 0 Å². The lowest BCUT2D eigenvalue weighted by Crippen LogP contribution is -2.01.